The molecule has 1 atom stereocenters. The summed E-state index contributed by atoms with van der Waals surface area (Å²) in [5, 5.41) is 0. The smallest absolute Gasteiger partial charge is 0.240 e. The average molecular weight is 286 g/mol. The molecule has 0 radical (unpaired) electrons. The predicted octanol–water partition coefficient (Wildman–Crippen LogP) is 2.26. The van der Waals surface area contributed by atoms with Crippen molar-refractivity contribution in [3.8, 4) is 11.8 Å². The predicted molar refractivity (Wildman–Crippen MR) is 70.5 cm³/mol. The van der Waals surface area contributed by atoms with Crippen LogP contribution in [0.1, 0.15) is 16.6 Å². The molecule has 5 nitrogen and oxygen atoms in total. The quantitative estimate of drug-likeness (QED) is 0.933. The monoisotopic (exact) mass is 285 g/mol. The van der Waals surface area contributed by atoms with Crippen LogP contribution in [0.4, 0.5) is 0 Å². The van der Waals surface area contributed by atoms with Crippen molar-refractivity contribution >= 4 is 22.9 Å². The third-order valence-corrected chi connectivity index (χ3v) is 3.66. The van der Waals surface area contributed by atoms with Crippen LogP contribution in [-0.2, 0) is 0 Å². The maximum atomic E-state index is 6.13. The number of nitrogens with two attached hydrogens (primary N) is 1. The van der Waals surface area contributed by atoms with Crippen molar-refractivity contribution in [2.75, 3.05) is 14.2 Å². The van der Waals surface area contributed by atoms with E-state index in [0.717, 1.165) is 4.88 Å². The van der Waals surface area contributed by atoms with E-state index in [1.807, 2.05) is 6.07 Å². The number of rotatable bonds is 4. The van der Waals surface area contributed by atoms with Crippen molar-refractivity contribution < 1.29 is 9.47 Å². The molecule has 2 aromatic heterocycles. The lowest BCUT2D eigenvalue weighted by Crippen LogP contribution is -2.14. The van der Waals surface area contributed by atoms with E-state index in [9.17, 15) is 0 Å². The van der Waals surface area contributed by atoms with Crippen LogP contribution in [0.5, 0.6) is 11.8 Å². The second kappa shape index (κ2) is 5.51. The van der Waals surface area contributed by atoms with E-state index >= 15 is 0 Å². The van der Waals surface area contributed by atoms with Crippen molar-refractivity contribution in [2.24, 2.45) is 5.73 Å². The van der Waals surface area contributed by atoms with Crippen LogP contribution in [0.25, 0.3) is 0 Å². The molecule has 18 heavy (non-hydrogen) atoms. The lowest BCUT2D eigenvalue weighted by molar-refractivity contribution is 0.355. The third-order valence-electron chi connectivity index (χ3n) is 2.34. The molecule has 0 saturated carbocycles. The van der Waals surface area contributed by atoms with Crippen LogP contribution in [0.15, 0.2) is 18.3 Å². The Labute approximate surface area is 114 Å². The van der Waals surface area contributed by atoms with Gasteiger partial charge in [0.05, 0.1) is 30.8 Å². The van der Waals surface area contributed by atoms with Gasteiger partial charge in [0.2, 0.25) is 11.8 Å². The van der Waals surface area contributed by atoms with E-state index < -0.39 is 6.04 Å². The highest BCUT2D eigenvalue weighted by atomic mass is 35.5. The molecule has 0 bridgehead atoms. The summed E-state index contributed by atoms with van der Waals surface area (Å²) in [7, 11) is 3.03. The van der Waals surface area contributed by atoms with Gasteiger partial charge in [-0.2, -0.15) is 4.98 Å². The normalized spacial score (nSPS) is 12.2. The Hall–Kier alpha value is -1.37. The van der Waals surface area contributed by atoms with Gasteiger partial charge in [-0.05, 0) is 12.1 Å². The van der Waals surface area contributed by atoms with Gasteiger partial charge in [0.25, 0.3) is 0 Å². The molecule has 0 amide bonds. The largest absolute Gasteiger partial charge is 0.480 e. The van der Waals surface area contributed by atoms with Gasteiger partial charge in [-0.3, -0.25) is 0 Å². The zero-order chi connectivity index (χ0) is 13.1. The molecule has 2 rings (SSSR count). The highest BCUT2D eigenvalue weighted by Crippen LogP contribution is 2.32. The number of aromatic nitrogens is 2. The fraction of sp³-hybridized carbons (Fsp3) is 0.273. The fourth-order valence-corrected chi connectivity index (χ4v) is 2.52. The number of nitrogens with zero attached hydrogens (tertiary/aromatic N) is 2. The second-order valence-corrected chi connectivity index (χ2v) is 5.17. The van der Waals surface area contributed by atoms with E-state index in [-0.39, 0.29) is 0 Å². The van der Waals surface area contributed by atoms with Crippen LogP contribution in [0, 0.1) is 0 Å². The Morgan fingerprint density at radius 1 is 1.33 bits per heavy atom. The number of halogens is 1. The molecular weight excluding hydrogens is 274 g/mol. The number of methoxy groups -OCH3 is 2. The summed E-state index contributed by atoms with van der Waals surface area (Å²) in [4.78, 5) is 9.28. The fourth-order valence-electron chi connectivity index (χ4n) is 1.46. The summed E-state index contributed by atoms with van der Waals surface area (Å²) in [5.74, 6) is 0.735. The third kappa shape index (κ3) is 2.55. The molecule has 96 valence electrons. The SMILES string of the molecule is COc1cnc(C(N)c2ccc(Cl)s2)c(OC)n1. The van der Waals surface area contributed by atoms with Gasteiger partial charge in [0.1, 0.15) is 5.69 Å². The minimum absolute atomic E-state index is 0.353. The van der Waals surface area contributed by atoms with Crippen molar-refractivity contribution in [3.05, 3.63) is 33.2 Å². The summed E-state index contributed by atoms with van der Waals surface area (Å²) in [6.07, 6.45) is 1.51. The van der Waals surface area contributed by atoms with E-state index in [4.69, 9.17) is 26.8 Å². The highest BCUT2D eigenvalue weighted by molar-refractivity contribution is 7.16. The van der Waals surface area contributed by atoms with Crippen molar-refractivity contribution in [2.45, 2.75) is 6.04 Å². The molecule has 0 spiro atoms. The maximum absolute atomic E-state index is 6.13. The molecule has 0 aliphatic carbocycles. The lowest BCUT2D eigenvalue weighted by Gasteiger charge is -2.12. The van der Waals surface area contributed by atoms with Crippen LogP contribution in [-0.4, -0.2) is 24.2 Å². The van der Waals surface area contributed by atoms with Gasteiger partial charge in [0, 0.05) is 4.88 Å². The number of thiophene rings is 1. The molecule has 0 saturated heterocycles. The summed E-state index contributed by atoms with van der Waals surface area (Å²) in [6, 6.07) is 3.24. The van der Waals surface area contributed by atoms with Gasteiger partial charge in [-0.25, -0.2) is 4.98 Å². The number of ether oxygens (including phenoxy) is 2. The first-order chi connectivity index (χ1) is 8.65. The highest BCUT2D eigenvalue weighted by Gasteiger charge is 2.19. The van der Waals surface area contributed by atoms with E-state index in [1.54, 1.807) is 6.07 Å². The van der Waals surface area contributed by atoms with Crippen molar-refractivity contribution in [3.63, 3.8) is 0 Å². The van der Waals surface area contributed by atoms with Gasteiger partial charge in [0.15, 0.2) is 0 Å². The zero-order valence-corrected chi connectivity index (χ0v) is 11.5. The number of hydrogen-bond acceptors (Lipinski definition) is 6. The van der Waals surface area contributed by atoms with E-state index in [1.165, 1.54) is 31.8 Å². The molecule has 0 fully saturated rings. The first-order valence-corrected chi connectivity index (χ1v) is 6.31. The lowest BCUT2D eigenvalue weighted by atomic mass is 10.2. The summed E-state index contributed by atoms with van der Waals surface area (Å²) in [5.41, 5.74) is 6.68. The minimum Gasteiger partial charge on any atom is -0.480 e. The van der Waals surface area contributed by atoms with Crippen LogP contribution >= 0.6 is 22.9 Å². The minimum atomic E-state index is -0.421. The molecule has 2 heterocycles. The molecule has 2 N–H and O–H groups in total. The first-order valence-electron chi connectivity index (χ1n) is 5.11. The molecule has 0 aromatic carbocycles. The molecule has 2 aromatic rings. The zero-order valence-electron chi connectivity index (χ0n) is 9.88. The van der Waals surface area contributed by atoms with E-state index in [0.29, 0.717) is 21.8 Å². The Kier molecular flexibility index (Phi) is 4.00. The average Bonchev–Trinajstić information content (AvgIpc) is 2.83. The Morgan fingerprint density at radius 2 is 2.11 bits per heavy atom. The molecule has 0 aliphatic rings. The maximum Gasteiger partial charge on any atom is 0.240 e. The van der Waals surface area contributed by atoms with Gasteiger partial charge < -0.3 is 15.2 Å². The van der Waals surface area contributed by atoms with Gasteiger partial charge in [-0.1, -0.05) is 11.6 Å². The van der Waals surface area contributed by atoms with E-state index in [2.05, 4.69) is 9.97 Å². The molecule has 7 heteroatoms. The molecule has 0 aliphatic heterocycles. The topological polar surface area (TPSA) is 70.3 Å². The Balaban J connectivity index is 2.38. The number of hydrogen-bond donors (Lipinski definition) is 1. The molecular formula is C11H12ClN3O2S. The molecule has 1 unspecified atom stereocenters. The van der Waals surface area contributed by atoms with Crippen LogP contribution in [0.3, 0.4) is 0 Å². The standard InChI is InChI=1S/C11H12ClN3O2S/c1-16-8-5-14-10(11(15-8)17-2)9(13)6-3-4-7(12)18-6/h3-5,9H,13H2,1-2H3. The summed E-state index contributed by atoms with van der Waals surface area (Å²) < 4.78 is 10.8. The van der Waals surface area contributed by atoms with Crippen molar-refractivity contribution in [1.82, 2.24) is 9.97 Å². The van der Waals surface area contributed by atoms with Gasteiger partial charge >= 0.3 is 0 Å². The Morgan fingerprint density at radius 3 is 2.67 bits per heavy atom. The van der Waals surface area contributed by atoms with Crippen LogP contribution in [0.2, 0.25) is 4.34 Å². The Bertz CT molecular complexity index is 547. The summed E-state index contributed by atoms with van der Waals surface area (Å²) >= 11 is 7.29. The van der Waals surface area contributed by atoms with Gasteiger partial charge in [-0.15, -0.1) is 11.3 Å². The summed E-state index contributed by atoms with van der Waals surface area (Å²) in [6.45, 7) is 0. The second-order valence-electron chi connectivity index (χ2n) is 3.43. The first kappa shape index (κ1) is 13.1. The van der Waals surface area contributed by atoms with Crippen molar-refractivity contribution in [1.29, 1.82) is 0 Å². The van der Waals surface area contributed by atoms with Crippen LogP contribution < -0.4 is 15.2 Å².